The van der Waals surface area contributed by atoms with E-state index >= 15 is 0 Å². The molecule has 5 rings (SSSR count). The number of allylic oxidation sites excluding steroid dienone is 1. The first-order valence-corrected chi connectivity index (χ1v) is 15.9. The second-order valence-electron chi connectivity index (χ2n) is 13.3. The molecule has 2 aliphatic heterocycles. The van der Waals surface area contributed by atoms with Crippen molar-refractivity contribution in [2.24, 2.45) is 5.92 Å². The number of hydrogen-bond acceptors (Lipinski definition) is 4. The highest BCUT2D eigenvalue weighted by Crippen LogP contribution is 2.53. The Bertz CT molecular complexity index is 1280. The van der Waals surface area contributed by atoms with Crippen molar-refractivity contribution in [2.75, 3.05) is 19.6 Å². The predicted octanol–water partition coefficient (Wildman–Crippen LogP) is 9.27. The van der Waals surface area contributed by atoms with Crippen molar-refractivity contribution in [2.45, 2.75) is 110 Å². The summed E-state index contributed by atoms with van der Waals surface area (Å²) in [6.07, 6.45) is 9.93. The van der Waals surface area contributed by atoms with Crippen LogP contribution in [0.4, 0.5) is 4.39 Å². The molecule has 0 spiro atoms. The van der Waals surface area contributed by atoms with Gasteiger partial charge in [0, 0.05) is 11.8 Å². The first-order chi connectivity index (χ1) is 19.6. The van der Waals surface area contributed by atoms with Crippen molar-refractivity contribution in [3.63, 3.8) is 0 Å². The fourth-order valence-electron chi connectivity index (χ4n) is 7.31. The molecule has 0 aromatic heterocycles. The highest BCUT2D eigenvalue weighted by atomic mass is 35.5. The summed E-state index contributed by atoms with van der Waals surface area (Å²) in [7, 11) is 0. The number of halogens is 2. The molecule has 42 heavy (non-hydrogen) atoms. The first-order valence-electron chi connectivity index (χ1n) is 15.9. The topological polar surface area (TPSA) is 38.8 Å². The first kappa shape index (κ1) is 32.5. The van der Waals surface area contributed by atoms with Gasteiger partial charge in [-0.1, -0.05) is 45.7 Å². The van der Waals surface area contributed by atoms with Crippen molar-refractivity contribution in [1.29, 1.82) is 0 Å². The fourth-order valence-corrected chi connectivity index (χ4v) is 7.31. The third-order valence-electron chi connectivity index (χ3n) is 9.66. The van der Waals surface area contributed by atoms with Crippen molar-refractivity contribution >= 4 is 23.9 Å². The lowest BCUT2D eigenvalue weighted by atomic mass is 9.71. The summed E-state index contributed by atoms with van der Waals surface area (Å²) in [6.45, 7) is 14.2. The average molecular weight is 598 g/mol. The standard InChI is InChI=1S/C36H48FNO3.ClH/c1-6-18-36(5,26-13-15-28(37)16-14-26)27-23-31(40-33(39)11-10-21-38-19-8-7-9-20-38)34-29-22-25(2)12-17-30(29)35(3,4)41-32(34)24-27;/h13-16,23-25H,6-12,17-22H2,1-5H3;1H. The van der Waals surface area contributed by atoms with Crippen LogP contribution in [0.1, 0.15) is 116 Å². The van der Waals surface area contributed by atoms with E-state index in [2.05, 4.69) is 51.7 Å². The normalized spacial score (nSPS) is 21.3. The van der Waals surface area contributed by atoms with E-state index < -0.39 is 11.0 Å². The van der Waals surface area contributed by atoms with Gasteiger partial charge >= 0.3 is 5.97 Å². The summed E-state index contributed by atoms with van der Waals surface area (Å²) in [4.78, 5) is 15.8. The Morgan fingerprint density at radius 1 is 1.12 bits per heavy atom. The van der Waals surface area contributed by atoms with E-state index in [0.717, 1.165) is 80.6 Å². The van der Waals surface area contributed by atoms with Gasteiger partial charge in [0.1, 0.15) is 22.9 Å². The third kappa shape index (κ3) is 6.89. The van der Waals surface area contributed by atoms with Gasteiger partial charge in [-0.25, -0.2) is 4.39 Å². The quantitative estimate of drug-likeness (QED) is 0.213. The summed E-state index contributed by atoms with van der Waals surface area (Å²) >= 11 is 0. The van der Waals surface area contributed by atoms with Crippen LogP contribution < -0.4 is 9.47 Å². The van der Waals surface area contributed by atoms with Crippen molar-refractivity contribution < 1.29 is 18.7 Å². The van der Waals surface area contributed by atoms with Gasteiger partial charge in [0.2, 0.25) is 0 Å². The van der Waals surface area contributed by atoms with Crippen LogP contribution in [0, 0.1) is 11.7 Å². The molecule has 2 heterocycles. The van der Waals surface area contributed by atoms with Crippen LogP contribution in [0.3, 0.4) is 0 Å². The van der Waals surface area contributed by atoms with E-state index in [-0.39, 0.29) is 24.2 Å². The van der Waals surface area contributed by atoms with Crippen LogP contribution in [0.15, 0.2) is 42.0 Å². The maximum absolute atomic E-state index is 13.9. The van der Waals surface area contributed by atoms with Crippen LogP contribution in [-0.4, -0.2) is 36.1 Å². The van der Waals surface area contributed by atoms with Gasteiger partial charge in [-0.15, -0.1) is 12.4 Å². The molecule has 4 nitrogen and oxygen atoms in total. The van der Waals surface area contributed by atoms with Gasteiger partial charge in [-0.05, 0) is 131 Å². The molecule has 0 amide bonds. The zero-order valence-electron chi connectivity index (χ0n) is 26.2. The van der Waals surface area contributed by atoms with Crippen molar-refractivity contribution in [1.82, 2.24) is 4.90 Å². The molecule has 6 heteroatoms. The number of fused-ring (bicyclic) bond motifs is 2. The number of nitrogens with zero attached hydrogens (tertiary/aromatic N) is 1. The number of esters is 1. The lowest BCUT2D eigenvalue weighted by Crippen LogP contribution is -2.37. The number of carbonyl (C=O) groups is 1. The SMILES string of the molecule is CCCC(C)(c1ccc(F)cc1)c1cc(OC(=O)CCCN2CCCCC2)c2c(c1)OC(C)(C)C1=C2CC(C)CC1.Cl. The van der Waals surface area contributed by atoms with E-state index in [1.807, 2.05) is 12.1 Å². The lowest BCUT2D eigenvalue weighted by molar-refractivity contribution is -0.134. The molecule has 0 N–H and O–H groups in total. The summed E-state index contributed by atoms with van der Waals surface area (Å²) in [5.74, 6) is 1.54. The Morgan fingerprint density at radius 2 is 1.83 bits per heavy atom. The molecule has 2 aromatic rings. The van der Waals surface area contributed by atoms with E-state index in [4.69, 9.17) is 9.47 Å². The Labute approximate surface area is 258 Å². The molecular weight excluding hydrogens is 549 g/mol. The highest BCUT2D eigenvalue weighted by Gasteiger charge is 2.40. The zero-order chi connectivity index (χ0) is 29.2. The van der Waals surface area contributed by atoms with Gasteiger partial charge in [-0.2, -0.15) is 0 Å². The largest absolute Gasteiger partial charge is 0.483 e. The highest BCUT2D eigenvalue weighted by molar-refractivity contribution is 5.85. The van der Waals surface area contributed by atoms with Crippen LogP contribution in [-0.2, 0) is 10.2 Å². The summed E-state index contributed by atoms with van der Waals surface area (Å²) in [6, 6.07) is 11.1. The predicted molar refractivity (Wildman–Crippen MR) is 171 cm³/mol. The minimum Gasteiger partial charge on any atom is -0.483 e. The number of benzene rings is 2. The Morgan fingerprint density at radius 3 is 2.52 bits per heavy atom. The van der Waals surface area contributed by atoms with Gasteiger partial charge in [0.05, 0.1) is 5.56 Å². The number of piperidine rings is 1. The van der Waals surface area contributed by atoms with Crippen molar-refractivity contribution in [3.8, 4) is 11.5 Å². The number of hydrogen-bond donors (Lipinski definition) is 0. The zero-order valence-corrected chi connectivity index (χ0v) is 27.0. The van der Waals surface area contributed by atoms with Crippen LogP contribution in [0.2, 0.25) is 0 Å². The monoisotopic (exact) mass is 597 g/mol. The third-order valence-corrected chi connectivity index (χ3v) is 9.66. The van der Waals surface area contributed by atoms with Gasteiger partial charge in [-0.3, -0.25) is 4.79 Å². The number of ether oxygens (including phenoxy) is 2. The molecule has 2 atom stereocenters. The molecule has 2 aromatic carbocycles. The summed E-state index contributed by atoms with van der Waals surface area (Å²) in [5.41, 5.74) is 4.83. The molecule has 2 unspecified atom stereocenters. The molecule has 230 valence electrons. The molecule has 0 bridgehead atoms. The van der Waals surface area contributed by atoms with Crippen LogP contribution in [0.25, 0.3) is 5.57 Å². The van der Waals surface area contributed by atoms with Crippen molar-refractivity contribution in [3.05, 3.63) is 64.5 Å². The molecular formula is C36H49ClFNO3. The second kappa shape index (κ2) is 13.5. The fraction of sp³-hybridized carbons (Fsp3) is 0.583. The Kier molecular flexibility index (Phi) is 10.5. The number of rotatable bonds is 9. The lowest BCUT2D eigenvalue weighted by Gasteiger charge is -2.42. The van der Waals surface area contributed by atoms with Gasteiger partial charge < -0.3 is 14.4 Å². The molecule has 1 saturated heterocycles. The maximum Gasteiger partial charge on any atom is 0.311 e. The number of likely N-dealkylation sites (tertiary alicyclic amines) is 1. The van der Waals surface area contributed by atoms with E-state index in [1.54, 1.807) is 0 Å². The summed E-state index contributed by atoms with van der Waals surface area (Å²) < 4.78 is 27.0. The minimum atomic E-state index is -0.423. The molecule has 0 radical (unpaired) electrons. The molecule has 1 aliphatic carbocycles. The van der Waals surface area contributed by atoms with E-state index in [0.29, 0.717) is 18.1 Å². The maximum atomic E-state index is 13.9. The molecule has 3 aliphatic rings. The van der Waals surface area contributed by atoms with Gasteiger partial charge in [0.15, 0.2) is 0 Å². The van der Waals surface area contributed by atoms with Crippen LogP contribution in [0.5, 0.6) is 11.5 Å². The summed E-state index contributed by atoms with van der Waals surface area (Å²) in [5, 5.41) is 0. The van der Waals surface area contributed by atoms with E-state index in [9.17, 15) is 9.18 Å². The smallest absolute Gasteiger partial charge is 0.311 e. The molecule has 0 saturated carbocycles. The minimum absolute atomic E-state index is 0. The average Bonchev–Trinajstić information content (AvgIpc) is 2.93. The van der Waals surface area contributed by atoms with Crippen LogP contribution >= 0.6 is 12.4 Å². The van der Waals surface area contributed by atoms with E-state index in [1.165, 1.54) is 42.5 Å². The number of carbonyl (C=O) groups excluding carboxylic acids is 1. The Hall–Kier alpha value is -2.37. The van der Waals surface area contributed by atoms with Gasteiger partial charge in [0.25, 0.3) is 0 Å². The second-order valence-corrected chi connectivity index (χ2v) is 13.3. The Balaban J connectivity index is 0.00000405. The molecule has 1 fully saturated rings.